The standard InChI is InChI=1S/C16H26N2OS/c1-5-9-17-15-10-12(3)7-8-14(15)16(19)18-13(6-2)11-20-4/h7-8,10,13,17H,5-6,9,11H2,1-4H3,(H,18,19). The zero-order valence-corrected chi connectivity index (χ0v) is 13.8. The molecule has 1 amide bonds. The number of carbonyl (C=O) groups excluding carboxylic acids is 1. The lowest BCUT2D eigenvalue weighted by Gasteiger charge is -2.18. The molecule has 0 aromatic heterocycles. The zero-order valence-electron chi connectivity index (χ0n) is 13.0. The van der Waals surface area contributed by atoms with E-state index in [0.29, 0.717) is 0 Å². The van der Waals surface area contributed by atoms with Crippen molar-refractivity contribution in [2.45, 2.75) is 39.7 Å². The van der Waals surface area contributed by atoms with Gasteiger partial charge in [0.25, 0.3) is 5.91 Å². The molecule has 1 unspecified atom stereocenters. The average molecular weight is 294 g/mol. The van der Waals surface area contributed by atoms with Gasteiger partial charge in [-0.05, 0) is 43.7 Å². The number of anilines is 1. The topological polar surface area (TPSA) is 41.1 Å². The lowest BCUT2D eigenvalue weighted by atomic mass is 10.1. The van der Waals surface area contributed by atoms with E-state index >= 15 is 0 Å². The largest absolute Gasteiger partial charge is 0.384 e. The van der Waals surface area contributed by atoms with E-state index in [9.17, 15) is 4.79 Å². The number of nitrogens with one attached hydrogen (secondary N) is 2. The van der Waals surface area contributed by atoms with E-state index in [0.717, 1.165) is 42.0 Å². The Labute approximate surface area is 126 Å². The first-order valence-corrected chi connectivity index (χ1v) is 8.66. The molecule has 0 spiro atoms. The van der Waals surface area contributed by atoms with Crippen molar-refractivity contribution < 1.29 is 4.79 Å². The fraction of sp³-hybridized carbons (Fsp3) is 0.562. The molecule has 0 fully saturated rings. The Morgan fingerprint density at radius 2 is 2.10 bits per heavy atom. The van der Waals surface area contributed by atoms with Gasteiger partial charge in [-0.2, -0.15) is 11.8 Å². The van der Waals surface area contributed by atoms with Crippen molar-refractivity contribution >= 4 is 23.4 Å². The lowest BCUT2D eigenvalue weighted by Crippen LogP contribution is -2.36. The van der Waals surface area contributed by atoms with Crippen molar-refractivity contribution in [3.05, 3.63) is 29.3 Å². The summed E-state index contributed by atoms with van der Waals surface area (Å²) in [7, 11) is 0. The van der Waals surface area contributed by atoms with Gasteiger partial charge in [0.2, 0.25) is 0 Å². The van der Waals surface area contributed by atoms with E-state index in [1.807, 2.05) is 25.1 Å². The molecule has 0 heterocycles. The Morgan fingerprint density at radius 1 is 1.35 bits per heavy atom. The highest BCUT2D eigenvalue weighted by Crippen LogP contribution is 2.18. The molecule has 0 aliphatic heterocycles. The monoisotopic (exact) mass is 294 g/mol. The molecule has 1 aromatic carbocycles. The van der Waals surface area contributed by atoms with Crippen LogP contribution in [0.1, 0.15) is 42.6 Å². The van der Waals surface area contributed by atoms with Gasteiger partial charge in [-0.25, -0.2) is 0 Å². The van der Waals surface area contributed by atoms with Gasteiger partial charge in [-0.1, -0.05) is 19.9 Å². The number of hydrogen-bond donors (Lipinski definition) is 2. The first kappa shape index (κ1) is 16.9. The van der Waals surface area contributed by atoms with Crippen LogP contribution in [0.25, 0.3) is 0 Å². The summed E-state index contributed by atoms with van der Waals surface area (Å²) in [6.07, 6.45) is 4.06. The summed E-state index contributed by atoms with van der Waals surface area (Å²) in [6, 6.07) is 6.17. The number of amides is 1. The van der Waals surface area contributed by atoms with Crippen LogP contribution in [0.4, 0.5) is 5.69 Å². The molecule has 1 atom stereocenters. The molecule has 0 bridgehead atoms. The third-order valence-electron chi connectivity index (χ3n) is 3.18. The van der Waals surface area contributed by atoms with Crippen LogP contribution in [-0.4, -0.2) is 30.5 Å². The smallest absolute Gasteiger partial charge is 0.253 e. The minimum atomic E-state index is 0.0181. The number of thioether (sulfide) groups is 1. The highest BCUT2D eigenvalue weighted by Gasteiger charge is 2.15. The number of rotatable bonds is 8. The molecule has 0 saturated carbocycles. The molecule has 1 rings (SSSR count). The third-order valence-corrected chi connectivity index (χ3v) is 3.92. The average Bonchev–Trinajstić information content (AvgIpc) is 2.44. The van der Waals surface area contributed by atoms with Crippen molar-refractivity contribution in [2.75, 3.05) is 23.9 Å². The summed E-state index contributed by atoms with van der Waals surface area (Å²) < 4.78 is 0. The summed E-state index contributed by atoms with van der Waals surface area (Å²) in [5.74, 6) is 0.968. The van der Waals surface area contributed by atoms with E-state index < -0.39 is 0 Å². The van der Waals surface area contributed by atoms with Gasteiger partial charge in [0, 0.05) is 24.0 Å². The fourth-order valence-corrected chi connectivity index (χ4v) is 2.71. The fourth-order valence-electron chi connectivity index (χ4n) is 1.99. The van der Waals surface area contributed by atoms with Crippen molar-refractivity contribution in [3.63, 3.8) is 0 Å². The molecule has 3 nitrogen and oxygen atoms in total. The second-order valence-corrected chi connectivity index (χ2v) is 5.92. The quantitative estimate of drug-likeness (QED) is 0.768. The molecule has 0 aliphatic carbocycles. The van der Waals surface area contributed by atoms with E-state index in [1.54, 1.807) is 11.8 Å². The highest BCUT2D eigenvalue weighted by atomic mass is 32.2. The van der Waals surface area contributed by atoms with Crippen LogP contribution in [0.3, 0.4) is 0 Å². The molecule has 1 aromatic rings. The summed E-state index contributed by atoms with van der Waals surface area (Å²) >= 11 is 1.76. The van der Waals surface area contributed by atoms with Gasteiger partial charge in [0.15, 0.2) is 0 Å². The predicted molar refractivity (Wildman–Crippen MR) is 89.9 cm³/mol. The van der Waals surface area contributed by atoms with Crippen LogP contribution in [0.5, 0.6) is 0 Å². The Kier molecular flexibility index (Phi) is 7.52. The van der Waals surface area contributed by atoms with E-state index in [2.05, 4.69) is 30.7 Å². The lowest BCUT2D eigenvalue weighted by molar-refractivity contribution is 0.0941. The second kappa shape index (κ2) is 8.90. The molecule has 0 radical (unpaired) electrons. The van der Waals surface area contributed by atoms with Gasteiger partial charge < -0.3 is 10.6 Å². The molecule has 4 heteroatoms. The molecular weight excluding hydrogens is 268 g/mol. The summed E-state index contributed by atoms with van der Waals surface area (Å²) in [5.41, 5.74) is 2.84. The maximum Gasteiger partial charge on any atom is 0.253 e. The normalized spacial score (nSPS) is 12.0. The van der Waals surface area contributed by atoms with Crippen LogP contribution >= 0.6 is 11.8 Å². The van der Waals surface area contributed by atoms with Crippen LogP contribution in [0.15, 0.2) is 18.2 Å². The van der Waals surface area contributed by atoms with Crippen LogP contribution in [-0.2, 0) is 0 Å². The van der Waals surface area contributed by atoms with Gasteiger partial charge in [-0.15, -0.1) is 0 Å². The maximum absolute atomic E-state index is 12.4. The van der Waals surface area contributed by atoms with Crippen molar-refractivity contribution in [2.24, 2.45) is 0 Å². The molecule has 20 heavy (non-hydrogen) atoms. The van der Waals surface area contributed by atoms with Gasteiger partial charge >= 0.3 is 0 Å². The van der Waals surface area contributed by atoms with E-state index in [1.165, 1.54) is 0 Å². The van der Waals surface area contributed by atoms with Crippen molar-refractivity contribution in [3.8, 4) is 0 Å². The Balaban J connectivity index is 2.85. The maximum atomic E-state index is 12.4. The number of carbonyl (C=O) groups is 1. The molecule has 0 saturated heterocycles. The van der Waals surface area contributed by atoms with Crippen molar-refractivity contribution in [1.29, 1.82) is 0 Å². The minimum absolute atomic E-state index is 0.0181. The Morgan fingerprint density at radius 3 is 2.70 bits per heavy atom. The number of aryl methyl sites for hydroxylation is 1. The molecule has 2 N–H and O–H groups in total. The Bertz CT molecular complexity index is 434. The van der Waals surface area contributed by atoms with Crippen LogP contribution < -0.4 is 10.6 Å². The summed E-state index contributed by atoms with van der Waals surface area (Å²) in [5, 5.41) is 6.46. The minimum Gasteiger partial charge on any atom is -0.384 e. The summed E-state index contributed by atoms with van der Waals surface area (Å²) in [4.78, 5) is 12.4. The number of benzene rings is 1. The SMILES string of the molecule is CCCNc1cc(C)ccc1C(=O)NC(CC)CSC. The summed E-state index contributed by atoms with van der Waals surface area (Å²) in [6.45, 7) is 7.15. The Hall–Kier alpha value is -1.16. The zero-order chi connectivity index (χ0) is 15.0. The van der Waals surface area contributed by atoms with Gasteiger partial charge in [0.05, 0.1) is 5.56 Å². The third kappa shape index (κ3) is 5.08. The van der Waals surface area contributed by atoms with E-state index in [4.69, 9.17) is 0 Å². The van der Waals surface area contributed by atoms with Crippen molar-refractivity contribution in [1.82, 2.24) is 5.32 Å². The second-order valence-electron chi connectivity index (χ2n) is 5.01. The van der Waals surface area contributed by atoms with Gasteiger partial charge in [-0.3, -0.25) is 4.79 Å². The molecular formula is C16H26N2OS. The van der Waals surface area contributed by atoms with Gasteiger partial charge in [0.1, 0.15) is 0 Å². The van der Waals surface area contributed by atoms with Crippen LogP contribution in [0.2, 0.25) is 0 Å². The predicted octanol–water partition coefficient (Wildman–Crippen LogP) is 3.69. The van der Waals surface area contributed by atoms with Crippen LogP contribution in [0, 0.1) is 6.92 Å². The molecule has 0 aliphatic rings. The van der Waals surface area contributed by atoms with E-state index in [-0.39, 0.29) is 11.9 Å². The first-order chi connectivity index (χ1) is 9.62. The first-order valence-electron chi connectivity index (χ1n) is 7.26. The highest BCUT2D eigenvalue weighted by molar-refractivity contribution is 7.98. The molecule has 112 valence electrons. The number of hydrogen-bond acceptors (Lipinski definition) is 3.